The molecule has 11 nitrogen and oxygen atoms in total. The number of hydrogen-bond donors (Lipinski definition) is 5. The zero-order valence-corrected chi connectivity index (χ0v) is 18.6. The van der Waals surface area contributed by atoms with Crippen LogP contribution in [0.3, 0.4) is 0 Å². The fourth-order valence-corrected chi connectivity index (χ4v) is 5.65. The number of phenolic OH excluding ortho intramolecular Hbond substituents is 1. The third-order valence-electron chi connectivity index (χ3n) is 7.33. The molecule has 0 fully saturated rings. The number of amides is 1. The number of benzene rings is 2. The number of nitrogens with two attached hydrogens (primary N) is 1. The second-order valence-corrected chi connectivity index (χ2v) is 9.20. The number of nitrogens with zero attached hydrogens (tertiary/aromatic N) is 1. The van der Waals surface area contributed by atoms with Gasteiger partial charge in [-0.15, -0.1) is 0 Å². The summed E-state index contributed by atoms with van der Waals surface area (Å²) >= 11 is 0. The van der Waals surface area contributed by atoms with Crippen LogP contribution >= 0.6 is 0 Å². The van der Waals surface area contributed by atoms with Crippen molar-refractivity contribution in [3.8, 4) is 16.9 Å². The minimum Gasteiger partial charge on any atom is -0.511 e. The van der Waals surface area contributed by atoms with Gasteiger partial charge in [-0.2, -0.15) is 0 Å². The number of rotatable bonds is 3. The van der Waals surface area contributed by atoms with E-state index in [1.165, 1.54) is 30.3 Å². The van der Waals surface area contributed by atoms with Gasteiger partial charge in [0.15, 0.2) is 11.4 Å². The highest BCUT2D eigenvalue weighted by Crippen LogP contribution is 2.52. The fraction of sp³-hybridized carbons (Fsp3) is 0.240. The maximum atomic E-state index is 13.6. The number of hydrogen-bond acceptors (Lipinski definition) is 9. The van der Waals surface area contributed by atoms with Crippen molar-refractivity contribution in [2.24, 2.45) is 17.6 Å². The van der Waals surface area contributed by atoms with Gasteiger partial charge in [-0.1, -0.05) is 6.07 Å². The van der Waals surface area contributed by atoms with Crippen molar-refractivity contribution in [2.75, 3.05) is 0 Å². The van der Waals surface area contributed by atoms with Crippen LogP contribution in [0, 0.1) is 22.0 Å². The van der Waals surface area contributed by atoms with Crippen molar-refractivity contribution in [3.05, 3.63) is 80.3 Å². The monoisotopic (exact) mass is 492 g/mol. The van der Waals surface area contributed by atoms with Crippen LogP contribution in [0.2, 0.25) is 0 Å². The van der Waals surface area contributed by atoms with E-state index in [1.54, 1.807) is 6.07 Å². The molecule has 11 heteroatoms. The molecule has 0 heterocycles. The van der Waals surface area contributed by atoms with Crippen molar-refractivity contribution in [2.45, 2.75) is 24.9 Å². The van der Waals surface area contributed by atoms with Gasteiger partial charge in [0, 0.05) is 30.0 Å². The highest BCUT2D eigenvalue weighted by atomic mass is 16.6. The molecule has 0 radical (unpaired) electrons. The molecule has 0 spiro atoms. The summed E-state index contributed by atoms with van der Waals surface area (Å²) in [7, 11) is 0. The van der Waals surface area contributed by atoms with E-state index in [0.29, 0.717) is 16.7 Å². The molecule has 2 aromatic rings. The number of aliphatic hydroxyl groups excluding tert-OH is 2. The number of primary amides is 1. The molecule has 2 aromatic carbocycles. The molecular formula is C25H20N2O9. The van der Waals surface area contributed by atoms with Gasteiger partial charge in [0.1, 0.15) is 22.8 Å². The highest BCUT2D eigenvalue weighted by Gasteiger charge is 2.59. The van der Waals surface area contributed by atoms with E-state index in [1.807, 2.05) is 0 Å². The average molecular weight is 492 g/mol. The molecule has 5 rings (SSSR count). The summed E-state index contributed by atoms with van der Waals surface area (Å²) < 4.78 is 0. The van der Waals surface area contributed by atoms with Gasteiger partial charge in [-0.3, -0.25) is 24.5 Å². The van der Waals surface area contributed by atoms with Crippen LogP contribution in [-0.4, -0.2) is 48.4 Å². The SMILES string of the molecule is NC(=O)C1=C(O)C[C@@H]2C[C@@H]3Cc4c(-c5ccc([N+](=O)[O-])cc5)ccc(O)c4C(=O)C3=C(O)[C@]2(O)C1=O. The number of Topliss-reactive ketones (excluding diaryl/α,β-unsaturated/α-hetero) is 2. The molecule has 3 aliphatic rings. The van der Waals surface area contributed by atoms with E-state index in [0.717, 1.165) is 0 Å². The number of non-ortho nitro benzene ring substituents is 1. The predicted octanol–water partition coefficient (Wildman–Crippen LogP) is 2.16. The lowest BCUT2D eigenvalue weighted by Crippen LogP contribution is -2.57. The lowest BCUT2D eigenvalue weighted by atomic mass is 9.60. The summed E-state index contributed by atoms with van der Waals surface area (Å²) in [5.41, 5.74) is 2.80. The topological polar surface area (TPSA) is 201 Å². The summed E-state index contributed by atoms with van der Waals surface area (Å²) in [6.07, 6.45) is -0.169. The second kappa shape index (κ2) is 7.75. The first-order valence-corrected chi connectivity index (χ1v) is 11.0. The number of carbonyl (C=O) groups excluding carboxylic acids is 3. The lowest BCUT2D eigenvalue weighted by Gasteiger charge is -2.45. The summed E-state index contributed by atoms with van der Waals surface area (Å²) in [5.74, 6) is -6.94. The van der Waals surface area contributed by atoms with Gasteiger partial charge in [-0.25, -0.2) is 0 Å². The zero-order valence-electron chi connectivity index (χ0n) is 18.6. The summed E-state index contributed by atoms with van der Waals surface area (Å²) in [6, 6.07) is 8.53. The third-order valence-corrected chi connectivity index (χ3v) is 7.33. The van der Waals surface area contributed by atoms with Crippen LogP contribution in [0.5, 0.6) is 5.75 Å². The number of phenols is 1. The van der Waals surface area contributed by atoms with E-state index in [4.69, 9.17) is 5.73 Å². The molecule has 0 saturated carbocycles. The predicted molar refractivity (Wildman–Crippen MR) is 123 cm³/mol. The number of fused-ring (bicyclic) bond motifs is 3. The maximum absolute atomic E-state index is 13.6. The average Bonchev–Trinajstić information content (AvgIpc) is 2.81. The smallest absolute Gasteiger partial charge is 0.269 e. The number of nitro benzene ring substituents is 1. The molecular weight excluding hydrogens is 472 g/mol. The summed E-state index contributed by atoms with van der Waals surface area (Å²) in [5, 5.41) is 54.1. The maximum Gasteiger partial charge on any atom is 0.269 e. The molecule has 184 valence electrons. The van der Waals surface area contributed by atoms with Crippen molar-refractivity contribution < 1.29 is 39.7 Å². The van der Waals surface area contributed by atoms with E-state index < -0.39 is 56.9 Å². The molecule has 0 bridgehead atoms. The Hall–Kier alpha value is -4.51. The van der Waals surface area contributed by atoms with Crippen LogP contribution in [0.1, 0.15) is 28.8 Å². The van der Waals surface area contributed by atoms with Crippen LogP contribution in [0.15, 0.2) is 59.1 Å². The Morgan fingerprint density at radius 1 is 1.06 bits per heavy atom. The van der Waals surface area contributed by atoms with Crippen LogP contribution in [0.4, 0.5) is 5.69 Å². The van der Waals surface area contributed by atoms with Crippen LogP contribution in [0.25, 0.3) is 11.1 Å². The molecule has 0 aromatic heterocycles. The normalized spacial score (nSPS) is 25.2. The Kier molecular flexibility index (Phi) is 5.00. The Bertz CT molecular complexity index is 1450. The molecule has 0 aliphatic heterocycles. The molecule has 0 unspecified atom stereocenters. The summed E-state index contributed by atoms with van der Waals surface area (Å²) in [4.78, 5) is 48.7. The first-order valence-electron chi connectivity index (χ1n) is 11.0. The molecule has 0 saturated heterocycles. The van der Waals surface area contributed by atoms with Gasteiger partial charge < -0.3 is 26.2 Å². The van der Waals surface area contributed by atoms with E-state index in [9.17, 15) is 44.9 Å². The van der Waals surface area contributed by atoms with Crippen molar-refractivity contribution in [1.82, 2.24) is 0 Å². The highest BCUT2D eigenvalue weighted by molar-refractivity contribution is 6.24. The van der Waals surface area contributed by atoms with Gasteiger partial charge in [0.2, 0.25) is 5.78 Å². The Labute approximate surface area is 202 Å². The van der Waals surface area contributed by atoms with Crippen LogP contribution < -0.4 is 5.73 Å². The zero-order chi connectivity index (χ0) is 26.1. The second-order valence-electron chi connectivity index (χ2n) is 9.20. The molecule has 3 aliphatic carbocycles. The Balaban J connectivity index is 1.65. The number of aliphatic hydroxyl groups is 3. The first kappa shape index (κ1) is 23.2. The van der Waals surface area contributed by atoms with Crippen molar-refractivity contribution in [1.29, 1.82) is 0 Å². The Morgan fingerprint density at radius 3 is 2.33 bits per heavy atom. The quantitative estimate of drug-likeness (QED) is 0.242. The molecule has 3 atom stereocenters. The molecule has 6 N–H and O–H groups in total. The number of carbonyl (C=O) groups is 3. The lowest BCUT2D eigenvalue weighted by molar-refractivity contribution is -0.384. The van der Waals surface area contributed by atoms with E-state index >= 15 is 0 Å². The third kappa shape index (κ3) is 3.06. The standard InChI is InChI=1S/C25H20N2O9/c26-24(33)20-17(29)9-12-7-11-8-15-14(10-1-3-13(4-2-10)27(35)36)5-6-16(28)19(15)21(30)18(11)22(31)25(12,34)23(20)32/h1-6,11-12,28-29,31,34H,7-9H2,(H2,26,33)/t11-,12+,25+/m1/s1. The minimum absolute atomic E-state index is 0.0122. The number of allylic oxidation sites excluding steroid dienone is 2. The number of ketones is 2. The molecule has 1 amide bonds. The van der Waals surface area contributed by atoms with Gasteiger partial charge in [0.05, 0.1) is 10.5 Å². The van der Waals surface area contributed by atoms with Crippen LogP contribution in [-0.2, 0) is 16.0 Å². The van der Waals surface area contributed by atoms with Gasteiger partial charge in [0.25, 0.3) is 11.6 Å². The van der Waals surface area contributed by atoms with Gasteiger partial charge in [-0.05, 0) is 53.6 Å². The van der Waals surface area contributed by atoms with Crippen molar-refractivity contribution in [3.63, 3.8) is 0 Å². The van der Waals surface area contributed by atoms with Gasteiger partial charge >= 0.3 is 0 Å². The van der Waals surface area contributed by atoms with E-state index in [-0.39, 0.29) is 41.8 Å². The number of nitro groups is 1. The number of aromatic hydroxyl groups is 1. The summed E-state index contributed by atoms with van der Waals surface area (Å²) in [6.45, 7) is 0. The minimum atomic E-state index is -2.62. The fourth-order valence-electron chi connectivity index (χ4n) is 5.65. The first-order chi connectivity index (χ1) is 17.0. The van der Waals surface area contributed by atoms with E-state index in [2.05, 4.69) is 0 Å². The molecule has 36 heavy (non-hydrogen) atoms. The van der Waals surface area contributed by atoms with Crippen molar-refractivity contribution >= 4 is 23.2 Å². The largest absolute Gasteiger partial charge is 0.511 e. The Morgan fingerprint density at radius 2 is 1.72 bits per heavy atom.